The van der Waals surface area contributed by atoms with E-state index in [1.807, 2.05) is 0 Å². The molecule has 18 heavy (non-hydrogen) atoms. The second kappa shape index (κ2) is 3.94. The van der Waals surface area contributed by atoms with E-state index >= 15 is 0 Å². The van der Waals surface area contributed by atoms with Crippen molar-refractivity contribution >= 4 is 34.5 Å². The number of benzene rings is 2. The van der Waals surface area contributed by atoms with Crippen LogP contribution >= 0.6 is 0 Å². The third-order valence-corrected chi connectivity index (χ3v) is 6.12. The first-order valence-corrected chi connectivity index (χ1v) is 8.19. The van der Waals surface area contributed by atoms with Crippen molar-refractivity contribution in [2.75, 3.05) is 5.73 Å². The predicted octanol–water partition coefficient (Wildman–Crippen LogP) is 0.999. The smallest absolute Gasteiger partial charge is 0.377 e. The molecule has 2 aromatic rings. The number of hydrogen-bond acceptors (Lipinski definition) is 5. The highest BCUT2D eigenvalue weighted by Crippen LogP contribution is 2.29. The summed E-state index contributed by atoms with van der Waals surface area (Å²) in [4.78, 5) is -0.491. The highest BCUT2D eigenvalue weighted by Gasteiger charge is 2.31. The summed E-state index contributed by atoms with van der Waals surface area (Å²) in [6.45, 7) is 0. The molecule has 0 atom stereocenters. The van der Waals surface area contributed by atoms with Crippen molar-refractivity contribution in [2.45, 2.75) is 4.90 Å². The molecule has 8 heteroatoms. The molecule has 2 aromatic carbocycles. The quantitative estimate of drug-likeness (QED) is 0.483. The molecular weight excluding hydrogens is 278 g/mol. The molecule has 0 bridgehead atoms. The summed E-state index contributed by atoms with van der Waals surface area (Å²) in [5.74, 6) is 0. The Morgan fingerprint density at radius 3 is 2.00 bits per heavy atom. The van der Waals surface area contributed by atoms with Gasteiger partial charge in [-0.2, -0.15) is 8.42 Å². The van der Waals surface area contributed by atoms with Crippen LogP contribution in [0.1, 0.15) is 0 Å². The molecule has 0 aliphatic heterocycles. The van der Waals surface area contributed by atoms with E-state index in [1.54, 1.807) is 18.2 Å². The van der Waals surface area contributed by atoms with E-state index in [-0.39, 0.29) is 5.39 Å². The van der Waals surface area contributed by atoms with Crippen LogP contribution in [0, 0.1) is 0 Å². The summed E-state index contributed by atoms with van der Waals surface area (Å²) in [6, 6.07) is 8.51. The van der Waals surface area contributed by atoms with Crippen molar-refractivity contribution in [3.8, 4) is 0 Å². The molecule has 0 heterocycles. The van der Waals surface area contributed by atoms with Gasteiger partial charge in [0.05, 0.1) is 4.90 Å². The Bertz CT molecular complexity index is 824. The highest BCUT2D eigenvalue weighted by molar-refractivity contribution is 8.65. The second-order valence-electron chi connectivity index (χ2n) is 3.58. The van der Waals surface area contributed by atoms with E-state index in [0.29, 0.717) is 11.1 Å². The molecule has 3 N–H and O–H groups in total. The molecule has 0 spiro atoms. The third-order valence-electron chi connectivity index (χ3n) is 2.46. The van der Waals surface area contributed by atoms with Gasteiger partial charge in [0.2, 0.25) is 0 Å². The number of fused-ring (bicyclic) bond motifs is 1. The van der Waals surface area contributed by atoms with E-state index in [2.05, 4.69) is 0 Å². The van der Waals surface area contributed by atoms with E-state index in [0.717, 1.165) is 6.07 Å². The Kier molecular flexibility index (Phi) is 2.80. The monoisotopic (exact) mass is 287 g/mol. The summed E-state index contributed by atoms with van der Waals surface area (Å²) >= 11 is 0. The minimum atomic E-state index is -5.23. The number of rotatable bonds is 2. The maximum Gasteiger partial charge on any atom is 0.377 e. The minimum Gasteiger partial charge on any atom is -0.398 e. The van der Waals surface area contributed by atoms with E-state index in [1.165, 1.54) is 12.1 Å². The van der Waals surface area contributed by atoms with Crippen LogP contribution in [0.15, 0.2) is 41.3 Å². The molecule has 2 rings (SSSR count). The number of nitrogens with two attached hydrogens (primary N) is 1. The standard InChI is InChI=1S/C10H9NO5S2/c11-9-5-6-10(17(12,13)18(14,15)16)8-4-2-1-3-7(8)9/h1-6H,11H2,(H,14,15,16). The van der Waals surface area contributed by atoms with Crippen molar-refractivity contribution < 1.29 is 21.4 Å². The lowest BCUT2D eigenvalue weighted by Crippen LogP contribution is -2.14. The molecule has 0 saturated heterocycles. The Morgan fingerprint density at radius 2 is 1.44 bits per heavy atom. The van der Waals surface area contributed by atoms with Gasteiger partial charge >= 0.3 is 18.0 Å². The molecule has 96 valence electrons. The molecule has 0 radical (unpaired) electrons. The van der Waals surface area contributed by atoms with Crippen molar-refractivity contribution in [3.05, 3.63) is 36.4 Å². The number of nitrogen functional groups attached to an aromatic ring is 1. The lowest BCUT2D eigenvalue weighted by Gasteiger charge is -2.07. The molecule has 0 aliphatic carbocycles. The number of anilines is 1. The van der Waals surface area contributed by atoms with Crippen molar-refractivity contribution in [2.24, 2.45) is 0 Å². The van der Waals surface area contributed by atoms with Gasteiger partial charge in [-0.1, -0.05) is 24.3 Å². The van der Waals surface area contributed by atoms with Crippen LogP contribution in [0.2, 0.25) is 0 Å². The van der Waals surface area contributed by atoms with Crippen LogP contribution in [0.3, 0.4) is 0 Å². The van der Waals surface area contributed by atoms with Crippen molar-refractivity contribution in [3.63, 3.8) is 0 Å². The van der Waals surface area contributed by atoms with Crippen LogP contribution < -0.4 is 5.73 Å². The normalized spacial score (nSPS) is 12.7. The largest absolute Gasteiger partial charge is 0.398 e. The molecule has 0 saturated carbocycles. The van der Waals surface area contributed by atoms with Gasteiger partial charge in [-0.3, -0.25) is 4.55 Å². The Balaban J connectivity index is 2.96. The van der Waals surface area contributed by atoms with Gasteiger partial charge in [0, 0.05) is 16.5 Å². The molecule has 0 unspecified atom stereocenters. The fourth-order valence-electron chi connectivity index (χ4n) is 1.63. The van der Waals surface area contributed by atoms with E-state index in [9.17, 15) is 16.8 Å². The summed E-state index contributed by atoms with van der Waals surface area (Å²) in [6.07, 6.45) is 0. The SMILES string of the molecule is Nc1ccc(S(=O)(=O)S(=O)(=O)O)c2ccccc12. The number of hydrogen-bond donors (Lipinski definition) is 2. The van der Waals surface area contributed by atoms with Crippen LogP contribution in [0.4, 0.5) is 5.69 Å². The molecule has 0 amide bonds. The van der Waals surface area contributed by atoms with Gasteiger partial charge < -0.3 is 5.73 Å². The third kappa shape index (κ3) is 1.84. The zero-order chi connectivity index (χ0) is 13.6. The van der Waals surface area contributed by atoms with Crippen LogP contribution in [-0.2, 0) is 18.0 Å². The van der Waals surface area contributed by atoms with Crippen molar-refractivity contribution in [1.82, 2.24) is 0 Å². The van der Waals surface area contributed by atoms with Gasteiger partial charge in [-0.15, -0.1) is 0 Å². The summed E-state index contributed by atoms with van der Waals surface area (Å²) in [7, 11) is -10.1. The van der Waals surface area contributed by atoms with E-state index in [4.69, 9.17) is 10.3 Å². The van der Waals surface area contributed by atoms with Crippen molar-refractivity contribution in [1.29, 1.82) is 0 Å². The molecule has 0 aromatic heterocycles. The van der Waals surface area contributed by atoms with Crippen LogP contribution in [-0.4, -0.2) is 21.4 Å². The fraction of sp³-hybridized carbons (Fsp3) is 0. The lowest BCUT2D eigenvalue weighted by molar-refractivity contribution is 0.493. The summed E-state index contributed by atoms with van der Waals surface area (Å²) < 4.78 is 54.0. The highest BCUT2D eigenvalue weighted by atomic mass is 33.2. The zero-order valence-electron chi connectivity index (χ0n) is 8.94. The van der Waals surface area contributed by atoms with Gasteiger partial charge in [-0.25, -0.2) is 8.42 Å². The predicted molar refractivity (Wildman–Crippen MR) is 67.1 cm³/mol. The topological polar surface area (TPSA) is 115 Å². The first-order valence-electron chi connectivity index (χ1n) is 4.75. The first-order chi connectivity index (χ1) is 8.25. The second-order valence-corrected chi connectivity index (χ2v) is 8.36. The summed E-state index contributed by atoms with van der Waals surface area (Å²) in [5.41, 5.74) is 5.99. The van der Waals surface area contributed by atoms with Gasteiger partial charge in [-0.05, 0) is 12.1 Å². The lowest BCUT2D eigenvalue weighted by atomic mass is 10.1. The van der Waals surface area contributed by atoms with Gasteiger partial charge in [0.1, 0.15) is 0 Å². The average molecular weight is 287 g/mol. The maximum atomic E-state index is 11.7. The van der Waals surface area contributed by atoms with E-state index < -0.39 is 22.9 Å². The van der Waals surface area contributed by atoms with Crippen LogP contribution in [0.25, 0.3) is 10.8 Å². The van der Waals surface area contributed by atoms with Gasteiger partial charge in [0.15, 0.2) is 0 Å². The molecular formula is C10H9NO5S2. The van der Waals surface area contributed by atoms with Gasteiger partial charge in [0.25, 0.3) is 0 Å². The fourth-order valence-corrected chi connectivity index (χ4v) is 3.65. The molecule has 0 fully saturated rings. The molecule has 6 nitrogen and oxygen atoms in total. The summed E-state index contributed by atoms with van der Waals surface area (Å²) in [5, 5.41) is 0.553. The Hall–Kier alpha value is -1.64. The van der Waals surface area contributed by atoms with Crippen LogP contribution in [0.5, 0.6) is 0 Å². The zero-order valence-corrected chi connectivity index (χ0v) is 10.6. The maximum absolute atomic E-state index is 11.7. The Labute approximate surface area is 103 Å². The first kappa shape index (κ1) is 12.8. The average Bonchev–Trinajstić information content (AvgIpc) is 2.28. The Morgan fingerprint density at radius 1 is 0.889 bits per heavy atom. The minimum absolute atomic E-state index is 0.148. The molecule has 0 aliphatic rings.